The highest BCUT2D eigenvalue weighted by Crippen LogP contribution is 2.29. The van der Waals surface area contributed by atoms with Crippen LogP contribution in [0.4, 0.5) is 10.4 Å². The third-order valence-corrected chi connectivity index (χ3v) is 7.15. The van der Waals surface area contributed by atoms with Crippen LogP contribution in [0.25, 0.3) is 11.1 Å². The van der Waals surface area contributed by atoms with Crippen molar-refractivity contribution in [3.8, 4) is 5.75 Å². The quantitative estimate of drug-likeness (QED) is 0.423. The molecule has 4 rings (SSSR count). The van der Waals surface area contributed by atoms with Crippen molar-refractivity contribution in [3.63, 3.8) is 0 Å². The fourth-order valence-corrected chi connectivity index (χ4v) is 4.92. The van der Waals surface area contributed by atoms with Crippen molar-refractivity contribution in [2.75, 3.05) is 18.5 Å². The number of anilines is 1. The van der Waals surface area contributed by atoms with Crippen LogP contribution in [0, 0.1) is 6.92 Å². The van der Waals surface area contributed by atoms with E-state index in [1.807, 2.05) is 6.92 Å². The van der Waals surface area contributed by atoms with Crippen molar-refractivity contribution >= 4 is 27.2 Å². The van der Waals surface area contributed by atoms with Crippen LogP contribution in [-0.4, -0.2) is 38.7 Å². The van der Waals surface area contributed by atoms with Crippen LogP contribution in [0.3, 0.4) is 0 Å². The molecule has 1 saturated carbocycles. The molecular weight excluding hydrogens is 461 g/mol. The fourth-order valence-electron chi connectivity index (χ4n) is 3.79. The van der Waals surface area contributed by atoms with Gasteiger partial charge in [-0.25, -0.2) is 4.39 Å². The molecule has 0 atom stereocenters. The lowest BCUT2D eigenvalue weighted by atomic mass is 9.93. The molecule has 0 saturated heterocycles. The number of aryl methyl sites for hydroxylation is 1. The first-order valence-corrected chi connectivity index (χ1v) is 12.5. The molecule has 1 aliphatic rings. The highest BCUT2D eigenvalue weighted by Gasteiger charge is 2.28. The van der Waals surface area contributed by atoms with E-state index in [2.05, 4.69) is 10.3 Å². The summed E-state index contributed by atoms with van der Waals surface area (Å²) in [6.07, 6.45) is 2.74. The second-order valence-corrected chi connectivity index (χ2v) is 9.96. The van der Waals surface area contributed by atoms with Crippen LogP contribution in [0.2, 0.25) is 0 Å². The predicted octanol–water partition coefficient (Wildman–Crippen LogP) is 4.46. The lowest BCUT2D eigenvalue weighted by Gasteiger charge is -2.28. The van der Waals surface area contributed by atoms with Gasteiger partial charge in [-0.2, -0.15) is 13.4 Å². The summed E-state index contributed by atoms with van der Waals surface area (Å²) in [5.41, 5.74) is 7.98. The monoisotopic (exact) mass is 489 g/mol. The number of nitrogens with one attached hydrogen (secondary N) is 1. The predicted molar refractivity (Wildman–Crippen MR) is 127 cm³/mol. The Bertz CT molecular complexity index is 1250. The van der Waals surface area contributed by atoms with Gasteiger partial charge in [0.1, 0.15) is 17.9 Å². The zero-order valence-electron chi connectivity index (χ0n) is 18.9. The molecule has 1 aromatic heterocycles. The van der Waals surface area contributed by atoms with E-state index < -0.39 is 10.1 Å². The molecule has 0 radical (unpaired) electrons. The van der Waals surface area contributed by atoms with Crippen LogP contribution in [0.5, 0.6) is 5.75 Å². The fraction of sp³-hybridized carbons (Fsp3) is 0.375. The molecule has 3 aromatic rings. The minimum atomic E-state index is -3.78. The topological polar surface area (TPSA) is 117 Å². The lowest BCUT2D eigenvalue weighted by Crippen LogP contribution is -2.31. The Morgan fingerprint density at radius 1 is 1.21 bits per heavy atom. The van der Waals surface area contributed by atoms with Gasteiger partial charge >= 0.3 is 0 Å². The van der Waals surface area contributed by atoms with Crippen molar-refractivity contribution in [1.82, 2.24) is 4.98 Å². The van der Waals surface area contributed by atoms with Gasteiger partial charge in [0.15, 0.2) is 5.58 Å². The summed E-state index contributed by atoms with van der Waals surface area (Å²) in [4.78, 5) is 4.62. The second kappa shape index (κ2) is 10.5. The van der Waals surface area contributed by atoms with Gasteiger partial charge in [0, 0.05) is 24.2 Å². The van der Waals surface area contributed by atoms with Crippen LogP contribution in [-0.2, 0) is 14.3 Å². The van der Waals surface area contributed by atoms with E-state index in [0.29, 0.717) is 47.6 Å². The molecule has 0 amide bonds. The molecule has 0 unspecified atom stereocenters. The van der Waals surface area contributed by atoms with Crippen molar-refractivity contribution < 1.29 is 26.1 Å². The summed E-state index contributed by atoms with van der Waals surface area (Å²) in [7, 11) is -3.78. The van der Waals surface area contributed by atoms with Crippen LogP contribution < -0.4 is 15.8 Å². The highest BCUT2D eigenvalue weighted by molar-refractivity contribution is 7.86. The molecule has 34 heavy (non-hydrogen) atoms. The average molecular weight is 490 g/mol. The second-order valence-electron chi connectivity index (χ2n) is 8.39. The number of hydrogen-bond acceptors (Lipinski definition) is 8. The van der Waals surface area contributed by atoms with E-state index in [1.54, 1.807) is 42.5 Å². The molecule has 0 spiro atoms. The van der Waals surface area contributed by atoms with Gasteiger partial charge in [-0.05, 0) is 56.9 Å². The zero-order valence-corrected chi connectivity index (χ0v) is 19.7. The summed E-state index contributed by atoms with van der Waals surface area (Å²) in [5.74, 6) is 0.524. The number of rotatable bonds is 9. The van der Waals surface area contributed by atoms with Crippen molar-refractivity contribution in [2.24, 2.45) is 5.73 Å². The van der Waals surface area contributed by atoms with Gasteiger partial charge in [0.05, 0.1) is 17.3 Å². The third kappa shape index (κ3) is 5.94. The maximum absolute atomic E-state index is 12.6. The van der Waals surface area contributed by atoms with Gasteiger partial charge in [0.2, 0.25) is 0 Å². The smallest absolute Gasteiger partial charge is 0.297 e. The van der Waals surface area contributed by atoms with E-state index in [1.165, 1.54) is 0 Å². The molecular formula is C24H28FN3O5S. The number of nitrogens with zero attached hydrogens (tertiary/aromatic N) is 1. The molecule has 1 aliphatic carbocycles. The molecule has 8 nitrogen and oxygen atoms in total. The van der Waals surface area contributed by atoms with Gasteiger partial charge in [-0.3, -0.25) is 4.18 Å². The number of halogens is 1. The molecule has 0 aliphatic heterocycles. The molecule has 182 valence electrons. The Morgan fingerprint density at radius 3 is 2.62 bits per heavy atom. The number of aromatic nitrogens is 1. The van der Waals surface area contributed by atoms with Crippen LogP contribution >= 0.6 is 0 Å². The van der Waals surface area contributed by atoms with Gasteiger partial charge in [0.25, 0.3) is 16.1 Å². The maximum atomic E-state index is 12.6. The Balaban J connectivity index is 1.31. The van der Waals surface area contributed by atoms with E-state index in [4.69, 9.17) is 19.1 Å². The number of hydrogen-bond donors (Lipinski definition) is 2. The van der Waals surface area contributed by atoms with Crippen molar-refractivity contribution in [2.45, 2.75) is 49.6 Å². The largest absolute Gasteiger partial charge is 0.489 e. The summed E-state index contributed by atoms with van der Waals surface area (Å²) in [5, 5.41) is 3.28. The number of oxazole rings is 1. The van der Waals surface area contributed by atoms with E-state index in [9.17, 15) is 12.8 Å². The number of nitrogens with two attached hydrogens (primary N) is 1. The average Bonchev–Trinajstić information content (AvgIpc) is 3.22. The number of fused-ring (bicyclic) bond motifs is 1. The van der Waals surface area contributed by atoms with Crippen molar-refractivity contribution in [3.05, 3.63) is 59.9 Å². The molecule has 10 heteroatoms. The first kappa shape index (κ1) is 24.2. The van der Waals surface area contributed by atoms with Crippen LogP contribution in [0.1, 0.15) is 31.2 Å². The Labute approximate surface area is 198 Å². The molecule has 1 heterocycles. The highest BCUT2D eigenvalue weighted by atomic mass is 32.2. The first-order valence-electron chi connectivity index (χ1n) is 11.1. The van der Waals surface area contributed by atoms with E-state index >= 15 is 0 Å². The SMILES string of the molecule is Cc1ccc(S(=O)(=O)OC2CCC(Nc3nc4ccc(OC/C(=C\F)CN)cc4o3)CC2)cc1. The number of ether oxygens (including phenoxy) is 1. The van der Waals surface area contributed by atoms with Gasteiger partial charge < -0.3 is 20.2 Å². The van der Waals surface area contributed by atoms with E-state index in [-0.39, 0.29) is 30.2 Å². The molecule has 1 fully saturated rings. The minimum absolute atomic E-state index is 0.0582. The molecule has 3 N–H and O–H groups in total. The summed E-state index contributed by atoms with van der Waals surface area (Å²) >= 11 is 0. The van der Waals surface area contributed by atoms with Crippen LogP contribution in [0.15, 0.2) is 63.7 Å². The van der Waals surface area contributed by atoms with Gasteiger partial charge in [-0.1, -0.05) is 17.7 Å². The lowest BCUT2D eigenvalue weighted by molar-refractivity contribution is 0.156. The summed E-state index contributed by atoms with van der Waals surface area (Å²) in [6, 6.07) is 12.3. The molecule has 2 aromatic carbocycles. The molecule has 0 bridgehead atoms. The normalized spacial score (nSPS) is 19.3. The minimum Gasteiger partial charge on any atom is -0.489 e. The number of benzene rings is 2. The van der Waals surface area contributed by atoms with Gasteiger partial charge in [-0.15, -0.1) is 0 Å². The van der Waals surface area contributed by atoms with Crippen molar-refractivity contribution in [1.29, 1.82) is 0 Å². The Morgan fingerprint density at radius 2 is 1.94 bits per heavy atom. The summed E-state index contributed by atoms with van der Waals surface area (Å²) in [6.45, 7) is 2.04. The Hall–Kier alpha value is -2.95. The van der Waals surface area contributed by atoms with E-state index in [0.717, 1.165) is 18.4 Å². The standard InChI is InChI=1S/C24H28FN3O5S/c1-16-2-9-21(10-3-16)34(29,30)33-19-6-4-18(5-7-19)27-24-28-22-11-8-20(12-23(22)32-24)31-15-17(13-25)14-26/h2-3,8-13,18-19H,4-7,14-15,26H2,1H3,(H,27,28)/b17-13-. The Kier molecular flexibility index (Phi) is 7.50. The zero-order chi connectivity index (χ0) is 24.1. The summed E-state index contributed by atoms with van der Waals surface area (Å²) < 4.78 is 54.5. The first-order chi connectivity index (χ1) is 16.4. The third-order valence-electron chi connectivity index (χ3n) is 5.77. The maximum Gasteiger partial charge on any atom is 0.297 e.